The molecule has 16 heavy (non-hydrogen) atoms. The van der Waals surface area contributed by atoms with E-state index in [1.807, 2.05) is 18.2 Å². The standard InChI is InChI=1S/C13H20ClNO/c1-3-8-16-13-7-5-6-12(14)11(13)9-10(15)4-2/h5-7,10H,3-4,8-9,15H2,1-2H3. The Morgan fingerprint density at radius 3 is 2.75 bits per heavy atom. The Morgan fingerprint density at radius 1 is 1.38 bits per heavy atom. The van der Waals surface area contributed by atoms with Crippen LogP contribution >= 0.6 is 11.6 Å². The second kappa shape index (κ2) is 6.77. The van der Waals surface area contributed by atoms with Crippen molar-refractivity contribution in [1.29, 1.82) is 0 Å². The lowest BCUT2D eigenvalue weighted by Crippen LogP contribution is -2.22. The Bertz CT molecular complexity index is 328. The molecule has 0 saturated heterocycles. The van der Waals surface area contributed by atoms with E-state index in [4.69, 9.17) is 22.1 Å². The van der Waals surface area contributed by atoms with Gasteiger partial charge in [0.15, 0.2) is 0 Å². The molecule has 0 spiro atoms. The van der Waals surface area contributed by atoms with Crippen LogP contribution in [0.15, 0.2) is 18.2 Å². The zero-order valence-corrected chi connectivity index (χ0v) is 10.8. The van der Waals surface area contributed by atoms with Gasteiger partial charge in [0.1, 0.15) is 5.75 Å². The number of ether oxygens (including phenoxy) is 1. The molecule has 0 heterocycles. The zero-order valence-electron chi connectivity index (χ0n) is 10.0. The van der Waals surface area contributed by atoms with Gasteiger partial charge in [-0.15, -0.1) is 0 Å². The highest BCUT2D eigenvalue weighted by Crippen LogP contribution is 2.28. The number of hydrogen-bond acceptors (Lipinski definition) is 2. The first-order valence-corrected chi connectivity index (χ1v) is 6.22. The van der Waals surface area contributed by atoms with Gasteiger partial charge in [0.05, 0.1) is 6.61 Å². The van der Waals surface area contributed by atoms with Crippen molar-refractivity contribution in [3.8, 4) is 5.75 Å². The highest BCUT2D eigenvalue weighted by Gasteiger charge is 2.11. The summed E-state index contributed by atoms with van der Waals surface area (Å²) in [7, 11) is 0. The third kappa shape index (κ3) is 3.69. The number of rotatable bonds is 6. The van der Waals surface area contributed by atoms with E-state index < -0.39 is 0 Å². The summed E-state index contributed by atoms with van der Waals surface area (Å²) >= 11 is 6.17. The maximum atomic E-state index is 6.17. The van der Waals surface area contributed by atoms with Crippen LogP contribution in [0.25, 0.3) is 0 Å². The van der Waals surface area contributed by atoms with Crippen LogP contribution in [-0.4, -0.2) is 12.6 Å². The first kappa shape index (κ1) is 13.3. The maximum absolute atomic E-state index is 6.17. The van der Waals surface area contributed by atoms with Crippen LogP contribution in [-0.2, 0) is 6.42 Å². The number of halogens is 1. The molecule has 3 heteroatoms. The van der Waals surface area contributed by atoms with E-state index in [1.54, 1.807) is 0 Å². The molecule has 0 aliphatic carbocycles. The normalized spacial score (nSPS) is 12.5. The largest absolute Gasteiger partial charge is 0.493 e. The first-order valence-electron chi connectivity index (χ1n) is 5.84. The van der Waals surface area contributed by atoms with Crippen molar-refractivity contribution in [2.24, 2.45) is 5.73 Å². The summed E-state index contributed by atoms with van der Waals surface area (Å²) in [5.74, 6) is 0.873. The molecule has 0 saturated carbocycles. The van der Waals surface area contributed by atoms with Crippen molar-refractivity contribution in [3.63, 3.8) is 0 Å². The second-order valence-electron chi connectivity index (χ2n) is 3.94. The minimum atomic E-state index is 0.142. The highest BCUT2D eigenvalue weighted by molar-refractivity contribution is 6.31. The van der Waals surface area contributed by atoms with E-state index in [9.17, 15) is 0 Å². The van der Waals surface area contributed by atoms with Gasteiger partial charge in [0, 0.05) is 16.6 Å². The van der Waals surface area contributed by atoms with Crippen molar-refractivity contribution in [1.82, 2.24) is 0 Å². The number of benzene rings is 1. The fraction of sp³-hybridized carbons (Fsp3) is 0.538. The minimum Gasteiger partial charge on any atom is -0.493 e. The van der Waals surface area contributed by atoms with Gasteiger partial charge in [0.2, 0.25) is 0 Å². The van der Waals surface area contributed by atoms with Crippen molar-refractivity contribution in [2.75, 3.05) is 6.61 Å². The van der Waals surface area contributed by atoms with Crippen LogP contribution in [0.4, 0.5) is 0 Å². The van der Waals surface area contributed by atoms with Crippen molar-refractivity contribution in [2.45, 2.75) is 39.2 Å². The van der Waals surface area contributed by atoms with Crippen molar-refractivity contribution < 1.29 is 4.74 Å². The van der Waals surface area contributed by atoms with Gasteiger partial charge in [-0.3, -0.25) is 0 Å². The molecule has 90 valence electrons. The molecule has 0 bridgehead atoms. The van der Waals surface area contributed by atoms with E-state index >= 15 is 0 Å². The summed E-state index contributed by atoms with van der Waals surface area (Å²) in [6.07, 6.45) is 2.71. The van der Waals surface area contributed by atoms with Gasteiger partial charge in [-0.05, 0) is 31.4 Å². The lowest BCUT2D eigenvalue weighted by molar-refractivity contribution is 0.313. The molecule has 1 rings (SSSR count). The molecule has 1 aromatic rings. The Labute approximate surface area is 103 Å². The molecule has 2 nitrogen and oxygen atoms in total. The lowest BCUT2D eigenvalue weighted by Gasteiger charge is -2.15. The van der Waals surface area contributed by atoms with Crippen LogP contribution in [0.5, 0.6) is 5.75 Å². The molecule has 2 N–H and O–H groups in total. The van der Waals surface area contributed by atoms with E-state index in [0.717, 1.165) is 35.6 Å². The van der Waals surface area contributed by atoms with Gasteiger partial charge in [-0.1, -0.05) is 31.5 Å². The fourth-order valence-corrected chi connectivity index (χ4v) is 1.73. The van der Waals surface area contributed by atoms with Gasteiger partial charge >= 0.3 is 0 Å². The maximum Gasteiger partial charge on any atom is 0.124 e. The van der Waals surface area contributed by atoms with E-state index in [1.165, 1.54) is 0 Å². The predicted molar refractivity (Wildman–Crippen MR) is 69.2 cm³/mol. The molecule has 0 aromatic heterocycles. The van der Waals surface area contributed by atoms with Crippen LogP contribution in [0.3, 0.4) is 0 Å². The Morgan fingerprint density at radius 2 is 2.12 bits per heavy atom. The molecular weight excluding hydrogens is 222 g/mol. The molecule has 0 aliphatic heterocycles. The lowest BCUT2D eigenvalue weighted by atomic mass is 10.0. The second-order valence-corrected chi connectivity index (χ2v) is 4.34. The molecule has 0 fully saturated rings. The molecule has 1 atom stereocenters. The van der Waals surface area contributed by atoms with Crippen LogP contribution in [0.1, 0.15) is 32.3 Å². The summed E-state index contributed by atoms with van der Waals surface area (Å²) in [6, 6.07) is 5.90. The summed E-state index contributed by atoms with van der Waals surface area (Å²) in [5, 5.41) is 0.748. The predicted octanol–water partition coefficient (Wildman–Crippen LogP) is 3.41. The molecule has 0 amide bonds. The Kier molecular flexibility index (Phi) is 5.64. The van der Waals surface area contributed by atoms with E-state index in [0.29, 0.717) is 6.61 Å². The molecule has 1 unspecified atom stereocenters. The minimum absolute atomic E-state index is 0.142. The molecule has 0 aliphatic rings. The zero-order chi connectivity index (χ0) is 12.0. The SMILES string of the molecule is CCCOc1cccc(Cl)c1CC(N)CC. The average Bonchev–Trinajstić information content (AvgIpc) is 2.29. The van der Waals surface area contributed by atoms with Crippen LogP contribution in [0.2, 0.25) is 5.02 Å². The third-order valence-corrected chi connectivity index (χ3v) is 2.88. The topological polar surface area (TPSA) is 35.2 Å². The molecule has 0 radical (unpaired) electrons. The monoisotopic (exact) mass is 241 g/mol. The van der Waals surface area contributed by atoms with Crippen molar-refractivity contribution in [3.05, 3.63) is 28.8 Å². The van der Waals surface area contributed by atoms with E-state index in [2.05, 4.69) is 13.8 Å². The van der Waals surface area contributed by atoms with E-state index in [-0.39, 0.29) is 6.04 Å². The smallest absolute Gasteiger partial charge is 0.124 e. The Balaban J connectivity index is 2.85. The quantitative estimate of drug-likeness (QED) is 0.829. The molecule has 1 aromatic carbocycles. The van der Waals surface area contributed by atoms with Crippen LogP contribution < -0.4 is 10.5 Å². The van der Waals surface area contributed by atoms with Gasteiger partial charge in [-0.2, -0.15) is 0 Å². The van der Waals surface area contributed by atoms with Gasteiger partial charge in [-0.25, -0.2) is 0 Å². The first-order chi connectivity index (χ1) is 7.69. The van der Waals surface area contributed by atoms with Gasteiger partial charge in [0.25, 0.3) is 0 Å². The average molecular weight is 242 g/mol. The third-order valence-electron chi connectivity index (χ3n) is 2.53. The summed E-state index contributed by atoms with van der Waals surface area (Å²) in [4.78, 5) is 0. The summed E-state index contributed by atoms with van der Waals surface area (Å²) in [6.45, 7) is 4.88. The van der Waals surface area contributed by atoms with Crippen molar-refractivity contribution >= 4 is 11.6 Å². The molecular formula is C13H20ClNO. The summed E-state index contributed by atoms with van der Waals surface area (Å²) in [5.41, 5.74) is 6.99. The Hall–Kier alpha value is -0.730. The summed E-state index contributed by atoms with van der Waals surface area (Å²) < 4.78 is 5.67. The fourth-order valence-electron chi connectivity index (χ4n) is 1.49. The number of nitrogens with two attached hydrogens (primary N) is 1. The van der Waals surface area contributed by atoms with Gasteiger partial charge < -0.3 is 10.5 Å². The highest BCUT2D eigenvalue weighted by atomic mass is 35.5. The van der Waals surface area contributed by atoms with Crippen LogP contribution in [0, 0.1) is 0 Å². The number of hydrogen-bond donors (Lipinski definition) is 1.